The first-order chi connectivity index (χ1) is 9.25. The third-order valence-electron chi connectivity index (χ3n) is 3.23. The molecule has 2 aromatic heterocycles. The lowest BCUT2D eigenvalue weighted by Gasteiger charge is -2.11. The first-order valence-corrected chi connectivity index (χ1v) is 6.13. The molecule has 7 nitrogen and oxygen atoms in total. The molecule has 0 saturated carbocycles. The van der Waals surface area contributed by atoms with Gasteiger partial charge in [0.25, 0.3) is 0 Å². The number of hydrogen-bond donors (Lipinski definition) is 2. The highest BCUT2D eigenvalue weighted by atomic mass is 16.5. The summed E-state index contributed by atoms with van der Waals surface area (Å²) in [5.41, 5.74) is 0.716. The van der Waals surface area contributed by atoms with Crippen LogP contribution in [0.5, 0.6) is 0 Å². The Morgan fingerprint density at radius 3 is 3.26 bits per heavy atom. The molecule has 1 fully saturated rings. The van der Waals surface area contributed by atoms with Crippen LogP contribution in [-0.2, 0) is 4.74 Å². The predicted molar refractivity (Wildman–Crippen MR) is 67.4 cm³/mol. The number of nitrogens with one attached hydrogen (secondary N) is 1. The normalized spacial score (nSPS) is 18.8. The summed E-state index contributed by atoms with van der Waals surface area (Å²) in [4.78, 5) is 15.2. The van der Waals surface area contributed by atoms with Crippen LogP contribution in [0.1, 0.15) is 16.9 Å². The van der Waals surface area contributed by atoms with Gasteiger partial charge in [-0.2, -0.15) is 5.10 Å². The minimum absolute atomic E-state index is 0.0507. The number of fused-ring (bicyclic) bond motifs is 1. The van der Waals surface area contributed by atoms with Crippen LogP contribution in [0.4, 0.5) is 5.82 Å². The second-order valence-corrected chi connectivity index (χ2v) is 4.54. The van der Waals surface area contributed by atoms with Crippen LogP contribution in [0.15, 0.2) is 18.5 Å². The van der Waals surface area contributed by atoms with E-state index in [1.165, 1.54) is 10.7 Å². The molecule has 0 amide bonds. The molecule has 1 aliphatic heterocycles. The van der Waals surface area contributed by atoms with Crippen molar-refractivity contribution >= 4 is 17.3 Å². The Balaban J connectivity index is 1.85. The monoisotopic (exact) mass is 262 g/mol. The topological polar surface area (TPSA) is 88.8 Å². The van der Waals surface area contributed by atoms with Crippen LogP contribution in [0.2, 0.25) is 0 Å². The summed E-state index contributed by atoms with van der Waals surface area (Å²) in [5, 5.41) is 16.3. The van der Waals surface area contributed by atoms with Crippen molar-refractivity contribution in [2.24, 2.45) is 5.92 Å². The van der Waals surface area contributed by atoms with E-state index < -0.39 is 5.97 Å². The Morgan fingerprint density at radius 2 is 2.53 bits per heavy atom. The standard InChI is InChI=1S/C12H14N4O3/c17-12(18)10-6-14-11(9-1-3-15-16(9)10)13-5-8-2-4-19-7-8/h1,3,6,8H,2,4-5,7H2,(H,13,14)(H,17,18). The molecule has 0 radical (unpaired) electrons. The highest BCUT2D eigenvalue weighted by Crippen LogP contribution is 2.18. The van der Waals surface area contributed by atoms with Gasteiger partial charge in [-0.25, -0.2) is 14.3 Å². The summed E-state index contributed by atoms with van der Waals surface area (Å²) < 4.78 is 6.69. The summed E-state index contributed by atoms with van der Waals surface area (Å²) in [6.07, 6.45) is 3.92. The number of anilines is 1. The van der Waals surface area contributed by atoms with E-state index in [-0.39, 0.29) is 5.69 Å². The van der Waals surface area contributed by atoms with E-state index in [2.05, 4.69) is 15.4 Å². The summed E-state index contributed by atoms with van der Waals surface area (Å²) in [7, 11) is 0. The molecule has 1 unspecified atom stereocenters. The molecule has 19 heavy (non-hydrogen) atoms. The third kappa shape index (κ3) is 2.24. The number of hydrogen-bond acceptors (Lipinski definition) is 5. The molecule has 3 heterocycles. The summed E-state index contributed by atoms with van der Waals surface area (Å²) in [5.74, 6) is 0.0789. The van der Waals surface area contributed by atoms with Crippen LogP contribution in [0.25, 0.3) is 5.52 Å². The van der Waals surface area contributed by atoms with Crippen LogP contribution >= 0.6 is 0 Å². The molecular formula is C12H14N4O3. The Morgan fingerprint density at radius 1 is 1.63 bits per heavy atom. The van der Waals surface area contributed by atoms with Crippen molar-refractivity contribution in [2.45, 2.75) is 6.42 Å². The van der Waals surface area contributed by atoms with Crippen molar-refractivity contribution in [3.63, 3.8) is 0 Å². The molecular weight excluding hydrogens is 248 g/mol. The summed E-state index contributed by atoms with van der Waals surface area (Å²) in [6.45, 7) is 2.33. The molecule has 0 spiro atoms. The van der Waals surface area contributed by atoms with Gasteiger partial charge in [-0.15, -0.1) is 0 Å². The molecule has 0 aliphatic carbocycles. The van der Waals surface area contributed by atoms with Gasteiger partial charge in [-0.1, -0.05) is 0 Å². The molecule has 2 aromatic rings. The molecule has 2 N–H and O–H groups in total. The predicted octanol–water partition coefficient (Wildman–Crippen LogP) is 0.876. The van der Waals surface area contributed by atoms with Crippen molar-refractivity contribution in [3.8, 4) is 0 Å². The number of ether oxygens (including phenoxy) is 1. The van der Waals surface area contributed by atoms with Crippen LogP contribution in [0, 0.1) is 5.92 Å². The first-order valence-electron chi connectivity index (χ1n) is 6.13. The van der Waals surface area contributed by atoms with Gasteiger partial charge < -0.3 is 15.2 Å². The Labute approximate surface area is 109 Å². The fourth-order valence-corrected chi connectivity index (χ4v) is 2.19. The summed E-state index contributed by atoms with van der Waals surface area (Å²) in [6, 6.07) is 1.74. The minimum Gasteiger partial charge on any atom is -0.476 e. The highest BCUT2D eigenvalue weighted by Gasteiger charge is 2.17. The van der Waals surface area contributed by atoms with Gasteiger partial charge in [0.05, 0.1) is 19.0 Å². The number of carbonyl (C=O) groups is 1. The quantitative estimate of drug-likeness (QED) is 0.850. The van der Waals surface area contributed by atoms with Crippen molar-refractivity contribution in [2.75, 3.05) is 25.1 Å². The second-order valence-electron chi connectivity index (χ2n) is 4.54. The van der Waals surface area contributed by atoms with Crippen LogP contribution < -0.4 is 5.32 Å². The lowest BCUT2D eigenvalue weighted by Crippen LogP contribution is -2.16. The number of carboxylic acid groups (broad SMARTS) is 1. The average molecular weight is 262 g/mol. The molecule has 3 rings (SSSR count). The molecule has 7 heteroatoms. The molecule has 0 bridgehead atoms. The number of nitrogens with zero attached hydrogens (tertiary/aromatic N) is 3. The zero-order valence-electron chi connectivity index (χ0n) is 10.2. The van der Waals surface area contributed by atoms with Gasteiger partial charge in [0.1, 0.15) is 5.52 Å². The largest absolute Gasteiger partial charge is 0.476 e. The fourth-order valence-electron chi connectivity index (χ4n) is 2.19. The SMILES string of the molecule is O=C(O)c1cnc(NCC2CCOC2)c2ccnn12. The Hall–Kier alpha value is -2.15. The molecule has 0 aromatic carbocycles. The van der Waals surface area contributed by atoms with E-state index in [0.717, 1.165) is 26.2 Å². The van der Waals surface area contributed by atoms with Crippen molar-refractivity contribution in [1.82, 2.24) is 14.6 Å². The molecule has 1 aliphatic rings. The molecule has 1 saturated heterocycles. The second kappa shape index (κ2) is 4.85. The van der Waals surface area contributed by atoms with Crippen molar-refractivity contribution in [1.29, 1.82) is 0 Å². The van der Waals surface area contributed by atoms with Crippen LogP contribution in [-0.4, -0.2) is 45.4 Å². The maximum atomic E-state index is 11.1. The minimum atomic E-state index is -1.04. The Bertz CT molecular complexity index is 604. The maximum absolute atomic E-state index is 11.1. The van der Waals surface area contributed by atoms with Gasteiger partial charge >= 0.3 is 5.97 Å². The first kappa shape index (κ1) is 11.9. The van der Waals surface area contributed by atoms with Crippen LogP contribution in [0.3, 0.4) is 0 Å². The van der Waals surface area contributed by atoms with E-state index in [9.17, 15) is 4.79 Å². The average Bonchev–Trinajstić information content (AvgIpc) is 3.06. The van der Waals surface area contributed by atoms with Gasteiger partial charge in [0.15, 0.2) is 11.5 Å². The van der Waals surface area contributed by atoms with Gasteiger partial charge in [0.2, 0.25) is 0 Å². The maximum Gasteiger partial charge on any atom is 0.356 e. The van der Waals surface area contributed by atoms with E-state index in [1.807, 2.05) is 0 Å². The fraction of sp³-hybridized carbons (Fsp3) is 0.417. The number of aromatic nitrogens is 3. The summed E-state index contributed by atoms with van der Waals surface area (Å²) >= 11 is 0. The van der Waals surface area contributed by atoms with Crippen molar-refractivity contribution < 1.29 is 14.6 Å². The van der Waals surface area contributed by atoms with Gasteiger partial charge in [-0.3, -0.25) is 0 Å². The van der Waals surface area contributed by atoms with E-state index in [0.29, 0.717) is 17.3 Å². The lowest BCUT2D eigenvalue weighted by atomic mass is 10.1. The number of carboxylic acids is 1. The molecule has 100 valence electrons. The van der Waals surface area contributed by atoms with Gasteiger partial charge in [-0.05, 0) is 12.5 Å². The van der Waals surface area contributed by atoms with E-state index in [4.69, 9.17) is 9.84 Å². The van der Waals surface area contributed by atoms with Crippen molar-refractivity contribution in [3.05, 3.63) is 24.2 Å². The van der Waals surface area contributed by atoms with Gasteiger partial charge in [0, 0.05) is 19.1 Å². The van der Waals surface area contributed by atoms with E-state index in [1.54, 1.807) is 12.3 Å². The molecule has 1 atom stereocenters. The zero-order chi connectivity index (χ0) is 13.2. The third-order valence-corrected chi connectivity index (χ3v) is 3.23. The highest BCUT2D eigenvalue weighted by molar-refractivity contribution is 5.87. The number of aromatic carboxylic acids is 1. The Kier molecular flexibility index (Phi) is 3.04. The lowest BCUT2D eigenvalue weighted by molar-refractivity contribution is 0.0687. The smallest absolute Gasteiger partial charge is 0.356 e. The van der Waals surface area contributed by atoms with E-state index >= 15 is 0 Å². The zero-order valence-corrected chi connectivity index (χ0v) is 10.2. The number of rotatable bonds is 4.